The number of benzene rings is 1. The molecule has 1 heterocycles. The van der Waals surface area contributed by atoms with Crippen LogP contribution in [0.1, 0.15) is 23.8 Å². The number of hydrogen-bond donors (Lipinski definition) is 2. The Bertz CT molecular complexity index is 538. The Kier molecular flexibility index (Phi) is 5.25. The van der Waals surface area contributed by atoms with Gasteiger partial charge >= 0.3 is 0 Å². The van der Waals surface area contributed by atoms with E-state index in [0.717, 1.165) is 25.2 Å². The van der Waals surface area contributed by atoms with E-state index in [1.54, 1.807) is 0 Å². The van der Waals surface area contributed by atoms with Crippen LogP contribution in [-0.4, -0.2) is 40.5 Å². The lowest BCUT2D eigenvalue weighted by molar-refractivity contribution is 0.0948. The monoisotopic (exact) mass is 273 g/mol. The van der Waals surface area contributed by atoms with Crippen LogP contribution >= 0.6 is 0 Å². The van der Waals surface area contributed by atoms with E-state index in [9.17, 15) is 4.79 Å². The Balaban J connectivity index is 1.87. The van der Waals surface area contributed by atoms with Gasteiger partial charge in [0.1, 0.15) is 0 Å². The van der Waals surface area contributed by atoms with Gasteiger partial charge in [0.05, 0.1) is 11.9 Å². The lowest BCUT2D eigenvalue weighted by atomic mass is 10.3. The highest BCUT2D eigenvalue weighted by atomic mass is 16.2. The van der Waals surface area contributed by atoms with Crippen molar-refractivity contribution in [2.24, 2.45) is 0 Å². The molecule has 1 aromatic heterocycles. The zero-order chi connectivity index (χ0) is 14.2. The van der Waals surface area contributed by atoms with Crippen LogP contribution in [0.25, 0.3) is 5.69 Å². The summed E-state index contributed by atoms with van der Waals surface area (Å²) in [5.41, 5.74) is 1.15. The SMILES string of the molecule is CCCNCCNC(=O)c1cnn(-c2ccccc2)n1. The molecule has 0 unspecified atom stereocenters. The molecule has 6 nitrogen and oxygen atoms in total. The van der Waals surface area contributed by atoms with Gasteiger partial charge in [-0.25, -0.2) is 0 Å². The van der Waals surface area contributed by atoms with Crippen molar-refractivity contribution in [3.63, 3.8) is 0 Å². The average molecular weight is 273 g/mol. The predicted molar refractivity (Wildman–Crippen MR) is 76.9 cm³/mol. The molecule has 1 amide bonds. The first kappa shape index (κ1) is 14.2. The molecular weight excluding hydrogens is 254 g/mol. The van der Waals surface area contributed by atoms with Gasteiger partial charge in [-0.15, -0.1) is 5.10 Å². The highest BCUT2D eigenvalue weighted by Crippen LogP contribution is 2.03. The van der Waals surface area contributed by atoms with Crippen molar-refractivity contribution in [1.82, 2.24) is 25.6 Å². The van der Waals surface area contributed by atoms with Gasteiger partial charge in [0.2, 0.25) is 0 Å². The van der Waals surface area contributed by atoms with Crippen molar-refractivity contribution in [3.8, 4) is 5.69 Å². The van der Waals surface area contributed by atoms with Crippen molar-refractivity contribution in [1.29, 1.82) is 0 Å². The first-order valence-corrected chi connectivity index (χ1v) is 6.78. The molecule has 1 aromatic carbocycles. The number of nitrogens with zero attached hydrogens (tertiary/aromatic N) is 3. The Hall–Kier alpha value is -2.21. The number of para-hydroxylation sites is 1. The third-order valence-electron chi connectivity index (χ3n) is 2.73. The van der Waals surface area contributed by atoms with Crippen LogP contribution < -0.4 is 10.6 Å². The Labute approximate surface area is 118 Å². The highest BCUT2D eigenvalue weighted by Gasteiger charge is 2.10. The predicted octanol–water partition coefficient (Wildman–Crippen LogP) is 0.997. The fraction of sp³-hybridized carbons (Fsp3) is 0.357. The van der Waals surface area contributed by atoms with E-state index < -0.39 is 0 Å². The molecule has 0 radical (unpaired) electrons. The van der Waals surface area contributed by atoms with Crippen LogP contribution in [0.4, 0.5) is 0 Å². The van der Waals surface area contributed by atoms with E-state index in [0.29, 0.717) is 12.2 Å². The Morgan fingerprint density at radius 1 is 1.20 bits per heavy atom. The molecule has 0 spiro atoms. The smallest absolute Gasteiger partial charge is 0.273 e. The van der Waals surface area contributed by atoms with E-state index in [1.165, 1.54) is 11.0 Å². The Morgan fingerprint density at radius 2 is 2.00 bits per heavy atom. The van der Waals surface area contributed by atoms with Crippen molar-refractivity contribution in [3.05, 3.63) is 42.2 Å². The second-order valence-corrected chi connectivity index (χ2v) is 4.36. The normalized spacial score (nSPS) is 10.4. The summed E-state index contributed by atoms with van der Waals surface area (Å²) in [5.74, 6) is -0.203. The molecule has 0 fully saturated rings. The molecule has 0 saturated carbocycles. The van der Waals surface area contributed by atoms with Crippen LogP contribution in [0, 0.1) is 0 Å². The van der Waals surface area contributed by atoms with E-state index in [2.05, 4.69) is 27.8 Å². The van der Waals surface area contributed by atoms with Gasteiger partial charge in [-0.2, -0.15) is 9.90 Å². The molecule has 0 saturated heterocycles. The van der Waals surface area contributed by atoms with E-state index >= 15 is 0 Å². The van der Waals surface area contributed by atoms with Crippen molar-refractivity contribution < 1.29 is 4.79 Å². The molecule has 0 aliphatic heterocycles. The minimum atomic E-state index is -0.203. The molecule has 0 aliphatic carbocycles. The average Bonchev–Trinajstić information content (AvgIpc) is 2.98. The minimum Gasteiger partial charge on any atom is -0.349 e. The van der Waals surface area contributed by atoms with Gasteiger partial charge in [0.25, 0.3) is 5.91 Å². The highest BCUT2D eigenvalue weighted by molar-refractivity contribution is 5.91. The van der Waals surface area contributed by atoms with Gasteiger partial charge < -0.3 is 10.6 Å². The van der Waals surface area contributed by atoms with Gasteiger partial charge in [0, 0.05) is 13.1 Å². The zero-order valence-corrected chi connectivity index (χ0v) is 11.5. The summed E-state index contributed by atoms with van der Waals surface area (Å²) in [4.78, 5) is 13.3. The third-order valence-corrected chi connectivity index (χ3v) is 2.73. The van der Waals surface area contributed by atoms with Gasteiger partial charge in [-0.3, -0.25) is 4.79 Å². The van der Waals surface area contributed by atoms with Crippen LogP contribution in [0.2, 0.25) is 0 Å². The van der Waals surface area contributed by atoms with Crippen molar-refractivity contribution in [2.75, 3.05) is 19.6 Å². The first-order valence-electron chi connectivity index (χ1n) is 6.78. The van der Waals surface area contributed by atoms with E-state index in [4.69, 9.17) is 0 Å². The van der Waals surface area contributed by atoms with Gasteiger partial charge in [0.15, 0.2) is 5.69 Å². The molecule has 0 aliphatic rings. The number of rotatable bonds is 7. The maximum atomic E-state index is 11.9. The molecule has 2 N–H and O–H groups in total. The number of carbonyl (C=O) groups excluding carboxylic acids is 1. The maximum Gasteiger partial charge on any atom is 0.273 e. The van der Waals surface area contributed by atoms with Crippen molar-refractivity contribution in [2.45, 2.75) is 13.3 Å². The van der Waals surface area contributed by atoms with E-state index in [1.807, 2.05) is 30.3 Å². The number of carbonyl (C=O) groups is 1. The topological polar surface area (TPSA) is 71.8 Å². The second-order valence-electron chi connectivity index (χ2n) is 4.36. The molecule has 106 valence electrons. The summed E-state index contributed by atoms with van der Waals surface area (Å²) in [6, 6.07) is 9.49. The van der Waals surface area contributed by atoms with Crippen LogP contribution in [-0.2, 0) is 0 Å². The molecular formula is C14H19N5O. The number of hydrogen-bond acceptors (Lipinski definition) is 4. The molecule has 20 heavy (non-hydrogen) atoms. The molecule has 0 atom stereocenters. The van der Waals surface area contributed by atoms with Crippen LogP contribution in [0.5, 0.6) is 0 Å². The lowest BCUT2D eigenvalue weighted by Crippen LogP contribution is -2.32. The number of amides is 1. The summed E-state index contributed by atoms with van der Waals surface area (Å²) in [6.07, 6.45) is 2.56. The number of nitrogens with one attached hydrogen (secondary N) is 2. The van der Waals surface area contributed by atoms with Crippen LogP contribution in [0.15, 0.2) is 36.5 Å². The standard InChI is InChI=1S/C14H19N5O/c1-2-8-15-9-10-16-14(20)13-11-17-19(18-13)12-6-4-3-5-7-12/h3-7,11,15H,2,8-10H2,1H3,(H,16,20). The van der Waals surface area contributed by atoms with Crippen LogP contribution in [0.3, 0.4) is 0 Å². The zero-order valence-electron chi connectivity index (χ0n) is 11.5. The largest absolute Gasteiger partial charge is 0.349 e. The summed E-state index contributed by atoms with van der Waals surface area (Å²) >= 11 is 0. The molecule has 2 rings (SSSR count). The summed E-state index contributed by atoms with van der Waals surface area (Å²) in [6.45, 7) is 4.40. The maximum absolute atomic E-state index is 11.9. The summed E-state index contributed by atoms with van der Waals surface area (Å²) < 4.78 is 0. The fourth-order valence-electron chi connectivity index (χ4n) is 1.71. The summed E-state index contributed by atoms with van der Waals surface area (Å²) in [5, 5.41) is 14.3. The molecule has 6 heteroatoms. The molecule has 0 bridgehead atoms. The third kappa shape index (κ3) is 3.89. The van der Waals surface area contributed by atoms with Crippen molar-refractivity contribution >= 4 is 5.91 Å². The quantitative estimate of drug-likeness (QED) is 0.738. The molecule has 2 aromatic rings. The van der Waals surface area contributed by atoms with Gasteiger partial charge in [-0.1, -0.05) is 25.1 Å². The second kappa shape index (κ2) is 7.40. The first-order chi connectivity index (χ1) is 9.81. The lowest BCUT2D eigenvalue weighted by Gasteiger charge is -2.04. The minimum absolute atomic E-state index is 0.203. The van der Waals surface area contributed by atoms with E-state index in [-0.39, 0.29) is 5.91 Å². The fourth-order valence-corrected chi connectivity index (χ4v) is 1.71. The summed E-state index contributed by atoms with van der Waals surface area (Å²) in [7, 11) is 0. The Morgan fingerprint density at radius 3 is 2.75 bits per heavy atom. The number of aromatic nitrogens is 3. The van der Waals surface area contributed by atoms with Gasteiger partial charge in [-0.05, 0) is 25.1 Å².